The zero-order valence-corrected chi connectivity index (χ0v) is 22.0. The highest BCUT2D eigenvalue weighted by Crippen LogP contribution is 2.31. The van der Waals surface area contributed by atoms with Crippen molar-refractivity contribution in [3.63, 3.8) is 0 Å². The van der Waals surface area contributed by atoms with E-state index in [9.17, 15) is 18.0 Å². The van der Waals surface area contributed by atoms with Crippen LogP contribution in [0.1, 0.15) is 43.4 Å². The summed E-state index contributed by atoms with van der Waals surface area (Å²) in [5, 5.41) is 13.4. The van der Waals surface area contributed by atoms with E-state index in [1.165, 1.54) is 12.2 Å². The number of aliphatic carboxylic acids is 1. The van der Waals surface area contributed by atoms with Gasteiger partial charge in [0.1, 0.15) is 35.4 Å². The summed E-state index contributed by atoms with van der Waals surface area (Å²) in [4.78, 5) is 15.4. The molecule has 1 atom stereocenters. The van der Waals surface area contributed by atoms with E-state index in [-0.39, 0.29) is 30.8 Å². The first-order chi connectivity index (χ1) is 19.0. The van der Waals surface area contributed by atoms with Crippen molar-refractivity contribution in [2.45, 2.75) is 52.2 Å². The van der Waals surface area contributed by atoms with Crippen molar-refractivity contribution in [2.75, 3.05) is 6.61 Å². The van der Waals surface area contributed by atoms with Crippen molar-refractivity contribution < 1.29 is 42.0 Å². The summed E-state index contributed by atoms with van der Waals surface area (Å²) in [6, 6.07) is 12.2. The molecule has 212 valence electrons. The molecule has 0 fully saturated rings. The monoisotopic (exact) mass is 559 g/mol. The molecule has 0 saturated carbocycles. The summed E-state index contributed by atoms with van der Waals surface area (Å²) in [5.74, 6) is 0.773. The van der Waals surface area contributed by atoms with Crippen LogP contribution in [0, 0.1) is 6.92 Å². The molecule has 9 nitrogen and oxygen atoms in total. The van der Waals surface area contributed by atoms with E-state index in [0.29, 0.717) is 40.1 Å². The standard InChI is InChI=1S/C28H28F3N3O6/c1-17(2)39-21-10-6-20(7-11-21)34-27(19-4-8-22(9-5-19)40-28(29,30)31)32-25(33-34)15-37-23-12-13-24(18(3)14-23)38-16-26(35)36/h4,6-14,17,19H,5,15-16H2,1-3H3,(H,35,36). The normalized spacial score (nSPS) is 15.1. The zero-order chi connectivity index (χ0) is 28.9. The van der Waals surface area contributed by atoms with Gasteiger partial charge in [0.2, 0.25) is 0 Å². The van der Waals surface area contributed by atoms with Gasteiger partial charge in [0, 0.05) is 5.92 Å². The molecule has 2 aromatic carbocycles. The molecule has 1 aliphatic carbocycles. The van der Waals surface area contributed by atoms with Gasteiger partial charge in [-0.2, -0.15) is 0 Å². The Labute approximate surface area is 228 Å². The summed E-state index contributed by atoms with van der Waals surface area (Å²) < 4.78 is 60.4. The average molecular weight is 560 g/mol. The number of rotatable bonds is 11. The van der Waals surface area contributed by atoms with Gasteiger partial charge in [0.05, 0.1) is 11.8 Å². The number of hydrogen-bond donors (Lipinski definition) is 1. The van der Waals surface area contributed by atoms with Crippen molar-refractivity contribution >= 4 is 5.97 Å². The first kappa shape index (κ1) is 28.5. The minimum Gasteiger partial charge on any atom is -0.491 e. The highest BCUT2D eigenvalue weighted by atomic mass is 19.4. The smallest absolute Gasteiger partial charge is 0.491 e. The Morgan fingerprint density at radius 1 is 1.12 bits per heavy atom. The average Bonchev–Trinajstić information content (AvgIpc) is 3.31. The molecule has 0 saturated heterocycles. The van der Waals surface area contributed by atoms with Crippen molar-refractivity contribution in [1.82, 2.24) is 14.8 Å². The van der Waals surface area contributed by atoms with Crippen molar-refractivity contribution in [3.8, 4) is 22.9 Å². The molecular formula is C28H28F3N3O6. The van der Waals surface area contributed by atoms with Gasteiger partial charge in [0.15, 0.2) is 12.4 Å². The van der Waals surface area contributed by atoms with Crippen LogP contribution in [0.3, 0.4) is 0 Å². The van der Waals surface area contributed by atoms with Crippen molar-refractivity contribution in [2.24, 2.45) is 0 Å². The number of hydrogen-bond acceptors (Lipinski definition) is 7. The molecule has 40 heavy (non-hydrogen) atoms. The Balaban J connectivity index is 1.55. The number of ether oxygens (including phenoxy) is 4. The van der Waals surface area contributed by atoms with Crippen LogP contribution in [0.25, 0.3) is 5.69 Å². The van der Waals surface area contributed by atoms with E-state index in [0.717, 1.165) is 0 Å². The molecule has 1 aliphatic rings. The Hall–Kier alpha value is -4.48. The minimum atomic E-state index is -4.77. The largest absolute Gasteiger partial charge is 0.573 e. The van der Waals surface area contributed by atoms with Gasteiger partial charge in [-0.05, 0) is 87.4 Å². The van der Waals surface area contributed by atoms with Gasteiger partial charge in [0.25, 0.3) is 0 Å². The maximum Gasteiger partial charge on any atom is 0.573 e. The molecule has 1 aromatic heterocycles. The van der Waals surface area contributed by atoms with Gasteiger partial charge < -0.3 is 24.1 Å². The van der Waals surface area contributed by atoms with E-state index >= 15 is 0 Å². The van der Waals surface area contributed by atoms with Crippen LogP contribution in [0.2, 0.25) is 0 Å². The number of aryl methyl sites for hydroxylation is 1. The van der Waals surface area contributed by atoms with Crippen LogP contribution in [-0.2, 0) is 16.1 Å². The molecular weight excluding hydrogens is 531 g/mol. The Morgan fingerprint density at radius 3 is 2.45 bits per heavy atom. The fraction of sp³-hybridized carbons (Fsp3) is 0.321. The van der Waals surface area contributed by atoms with Crippen LogP contribution in [0.5, 0.6) is 17.2 Å². The minimum absolute atomic E-state index is 0.00485. The number of aromatic nitrogens is 3. The van der Waals surface area contributed by atoms with E-state index in [2.05, 4.69) is 14.8 Å². The van der Waals surface area contributed by atoms with Crippen molar-refractivity contribution in [3.05, 3.63) is 83.7 Å². The summed E-state index contributed by atoms with van der Waals surface area (Å²) in [5.41, 5.74) is 1.38. The summed E-state index contributed by atoms with van der Waals surface area (Å²) in [6.45, 7) is 5.17. The molecule has 1 unspecified atom stereocenters. The number of benzene rings is 2. The predicted molar refractivity (Wildman–Crippen MR) is 137 cm³/mol. The Kier molecular flexibility index (Phi) is 8.66. The molecule has 4 rings (SSSR count). The third kappa shape index (κ3) is 7.78. The summed E-state index contributed by atoms with van der Waals surface area (Å²) in [7, 11) is 0. The number of halogens is 3. The number of nitrogens with zero attached hydrogens (tertiary/aromatic N) is 3. The van der Waals surface area contributed by atoms with Crippen LogP contribution in [-0.4, -0.2) is 44.9 Å². The van der Waals surface area contributed by atoms with Gasteiger partial charge in [-0.25, -0.2) is 14.5 Å². The number of carboxylic acids is 1. The van der Waals surface area contributed by atoms with Crippen LogP contribution in [0.15, 0.2) is 66.5 Å². The maximum absolute atomic E-state index is 12.6. The lowest BCUT2D eigenvalue weighted by molar-refractivity contribution is -0.303. The lowest BCUT2D eigenvalue weighted by Crippen LogP contribution is -2.14. The number of allylic oxidation sites excluding steroid dienone is 3. The second-order valence-corrected chi connectivity index (χ2v) is 9.21. The molecule has 0 radical (unpaired) electrons. The summed E-state index contributed by atoms with van der Waals surface area (Å²) >= 11 is 0. The maximum atomic E-state index is 12.6. The van der Waals surface area contributed by atoms with Crippen LogP contribution < -0.4 is 14.2 Å². The fourth-order valence-corrected chi connectivity index (χ4v) is 3.96. The Bertz CT molecular complexity index is 1400. The Morgan fingerprint density at radius 2 is 1.85 bits per heavy atom. The van der Waals surface area contributed by atoms with Gasteiger partial charge >= 0.3 is 12.3 Å². The highest BCUT2D eigenvalue weighted by Gasteiger charge is 2.32. The van der Waals surface area contributed by atoms with E-state index in [1.807, 2.05) is 26.0 Å². The number of carboxylic acid groups (broad SMARTS) is 1. The SMILES string of the molecule is Cc1cc(OCc2nc(C3C=CC(OC(F)(F)F)=CC3)n(-c3ccc(OC(C)C)cc3)n2)ccc1OCC(=O)O. The zero-order valence-electron chi connectivity index (χ0n) is 22.0. The molecule has 1 N–H and O–H groups in total. The topological polar surface area (TPSA) is 105 Å². The second kappa shape index (κ2) is 12.1. The van der Waals surface area contributed by atoms with Crippen molar-refractivity contribution in [1.29, 1.82) is 0 Å². The fourth-order valence-electron chi connectivity index (χ4n) is 3.96. The van der Waals surface area contributed by atoms with E-state index in [4.69, 9.17) is 19.3 Å². The molecule has 3 aromatic rings. The van der Waals surface area contributed by atoms with Gasteiger partial charge in [-0.3, -0.25) is 0 Å². The molecule has 0 amide bonds. The third-order valence-electron chi connectivity index (χ3n) is 5.63. The number of carbonyl (C=O) groups is 1. The molecule has 1 heterocycles. The summed E-state index contributed by atoms with van der Waals surface area (Å²) in [6.07, 6.45) is -0.303. The predicted octanol–water partition coefficient (Wildman–Crippen LogP) is 5.87. The molecule has 0 bridgehead atoms. The lowest BCUT2D eigenvalue weighted by atomic mass is 9.99. The van der Waals surface area contributed by atoms with Gasteiger partial charge in [-0.15, -0.1) is 18.3 Å². The van der Waals surface area contributed by atoms with Crippen LogP contribution in [0.4, 0.5) is 13.2 Å². The third-order valence-corrected chi connectivity index (χ3v) is 5.63. The molecule has 0 aliphatic heterocycles. The van der Waals surface area contributed by atoms with E-state index < -0.39 is 18.9 Å². The van der Waals surface area contributed by atoms with Crippen LogP contribution >= 0.6 is 0 Å². The van der Waals surface area contributed by atoms with E-state index in [1.54, 1.807) is 48.0 Å². The first-order valence-electron chi connectivity index (χ1n) is 12.4. The molecule has 0 spiro atoms. The number of alkyl halides is 3. The quantitative estimate of drug-likeness (QED) is 0.311. The van der Waals surface area contributed by atoms with Gasteiger partial charge in [-0.1, -0.05) is 6.08 Å². The second-order valence-electron chi connectivity index (χ2n) is 9.21. The lowest BCUT2D eigenvalue weighted by Gasteiger charge is -2.18. The highest BCUT2D eigenvalue weighted by molar-refractivity contribution is 5.68. The molecule has 12 heteroatoms. The first-order valence-corrected chi connectivity index (χ1v) is 12.4.